The highest BCUT2D eigenvalue weighted by molar-refractivity contribution is 6.22. The molecule has 8 heteroatoms. The van der Waals surface area contributed by atoms with Crippen molar-refractivity contribution in [2.24, 2.45) is 0 Å². The molecule has 7 nitrogen and oxygen atoms in total. The fourth-order valence-electron chi connectivity index (χ4n) is 3.01. The number of benzene rings is 2. The Balaban J connectivity index is 1.48. The molecule has 150 valence electrons. The van der Waals surface area contributed by atoms with Gasteiger partial charge in [0.25, 0.3) is 17.7 Å². The van der Waals surface area contributed by atoms with Gasteiger partial charge in [-0.1, -0.05) is 30.3 Å². The summed E-state index contributed by atoms with van der Waals surface area (Å²) in [6.07, 6.45) is 0.289. The van der Waals surface area contributed by atoms with Crippen molar-refractivity contribution in [2.45, 2.75) is 19.4 Å². The van der Waals surface area contributed by atoms with Gasteiger partial charge in [-0.05, 0) is 37.1 Å². The molecule has 0 spiro atoms. The van der Waals surface area contributed by atoms with E-state index in [0.717, 1.165) is 4.90 Å². The number of hydrogen-bond acceptors (Lipinski definition) is 5. The Bertz CT molecular complexity index is 940. The first-order chi connectivity index (χ1) is 13.9. The normalized spacial score (nSPS) is 13.8. The van der Waals surface area contributed by atoms with Crippen molar-refractivity contribution in [3.63, 3.8) is 0 Å². The van der Waals surface area contributed by atoms with Gasteiger partial charge in [-0.3, -0.25) is 19.3 Å². The van der Waals surface area contributed by atoms with Crippen molar-refractivity contribution < 1.29 is 28.3 Å². The van der Waals surface area contributed by atoms with Crippen LogP contribution < -0.4 is 5.32 Å². The van der Waals surface area contributed by atoms with Crippen LogP contribution >= 0.6 is 0 Å². The third kappa shape index (κ3) is 4.31. The minimum atomic E-state index is -1.17. The summed E-state index contributed by atoms with van der Waals surface area (Å²) in [4.78, 5) is 49.6. The van der Waals surface area contributed by atoms with Crippen LogP contribution in [-0.2, 0) is 20.7 Å². The lowest BCUT2D eigenvalue weighted by Crippen LogP contribution is -2.44. The average Bonchev–Trinajstić information content (AvgIpc) is 2.97. The summed E-state index contributed by atoms with van der Waals surface area (Å²) in [6.45, 7) is 0.967. The number of nitrogens with one attached hydrogen (secondary N) is 1. The number of esters is 1. The molecule has 1 atom stereocenters. The van der Waals surface area contributed by atoms with Crippen molar-refractivity contribution in [1.82, 2.24) is 10.2 Å². The van der Waals surface area contributed by atoms with E-state index in [9.17, 15) is 23.6 Å². The maximum atomic E-state index is 13.5. The molecule has 1 aliphatic heterocycles. The molecule has 0 saturated heterocycles. The Morgan fingerprint density at radius 3 is 2.24 bits per heavy atom. The summed E-state index contributed by atoms with van der Waals surface area (Å²) >= 11 is 0. The van der Waals surface area contributed by atoms with Gasteiger partial charge >= 0.3 is 5.97 Å². The van der Waals surface area contributed by atoms with Gasteiger partial charge in [-0.15, -0.1) is 0 Å². The van der Waals surface area contributed by atoms with Crippen LogP contribution in [-0.4, -0.2) is 47.8 Å². The predicted molar refractivity (Wildman–Crippen MR) is 100 cm³/mol. The van der Waals surface area contributed by atoms with Crippen LogP contribution in [0, 0.1) is 5.82 Å². The summed E-state index contributed by atoms with van der Waals surface area (Å²) in [5.41, 5.74) is 0.912. The lowest BCUT2D eigenvalue weighted by molar-refractivity contribution is -0.151. The zero-order valence-electron chi connectivity index (χ0n) is 15.7. The predicted octanol–water partition coefficient (Wildman–Crippen LogP) is 1.71. The Kier molecular flexibility index (Phi) is 6.01. The maximum Gasteiger partial charge on any atom is 0.329 e. The topological polar surface area (TPSA) is 92.8 Å². The van der Waals surface area contributed by atoms with Crippen LogP contribution in [0.15, 0.2) is 48.5 Å². The third-order valence-electron chi connectivity index (χ3n) is 4.57. The molecule has 0 fully saturated rings. The van der Waals surface area contributed by atoms with Crippen LogP contribution in [0.25, 0.3) is 0 Å². The highest BCUT2D eigenvalue weighted by Crippen LogP contribution is 2.24. The van der Waals surface area contributed by atoms with E-state index in [1.165, 1.54) is 25.1 Å². The van der Waals surface area contributed by atoms with E-state index >= 15 is 0 Å². The van der Waals surface area contributed by atoms with E-state index in [-0.39, 0.29) is 29.9 Å². The lowest BCUT2D eigenvalue weighted by atomic mass is 10.1. The van der Waals surface area contributed by atoms with Gasteiger partial charge in [0.1, 0.15) is 11.9 Å². The molecule has 0 aliphatic carbocycles. The molecule has 0 unspecified atom stereocenters. The summed E-state index contributed by atoms with van der Waals surface area (Å²) in [7, 11) is 0. The number of nitrogens with zero attached hydrogens (tertiary/aromatic N) is 1. The van der Waals surface area contributed by atoms with Gasteiger partial charge in [-0.25, -0.2) is 9.18 Å². The quantitative estimate of drug-likeness (QED) is 0.566. The first-order valence-corrected chi connectivity index (χ1v) is 9.04. The van der Waals surface area contributed by atoms with Gasteiger partial charge in [0, 0.05) is 6.54 Å². The molecule has 29 heavy (non-hydrogen) atoms. The van der Waals surface area contributed by atoms with E-state index in [2.05, 4.69) is 5.32 Å². The number of amides is 3. The Morgan fingerprint density at radius 1 is 1.03 bits per heavy atom. The zero-order valence-corrected chi connectivity index (χ0v) is 15.7. The van der Waals surface area contributed by atoms with Crippen LogP contribution in [0.2, 0.25) is 0 Å². The Hall–Kier alpha value is -3.55. The number of imide groups is 1. The van der Waals surface area contributed by atoms with E-state index in [4.69, 9.17) is 4.74 Å². The van der Waals surface area contributed by atoms with E-state index < -0.39 is 36.3 Å². The molecule has 3 amide bonds. The summed E-state index contributed by atoms with van der Waals surface area (Å²) in [5.74, 6) is -2.95. The zero-order chi connectivity index (χ0) is 21.0. The average molecular weight is 398 g/mol. The molecular formula is C21H19FN2O5. The number of hydrogen-bond donors (Lipinski definition) is 1. The SMILES string of the molecule is C[C@H](C(=O)OCC(=O)NCCc1ccccc1F)N1C(=O)c2ccccc2C1=O. The second kappa shape index (κ2) is 8.64. The Morgan fingerprint density at radius 2 is 1.62 bits per heavy atom. The molecule has 3 rings (SSSR count). The largest absolute Gasteiger partial charge is 0.454 e. The number of halogens is 1. The second-order valence-corrected chi connectivity index (χ2v) is 6.50. The van der Waals surface area contributed by atoms with Crippen molar-refractivity contribution in [1.29, 1.82) is 0 Å². The summed E-state index contributed by atoms with van der Waals surface area (Å²) in [6, 6.07) is 11.3. The molecule has 0 aromatic heterocycles. The lowest BCUT2D eigenvalue weighted by Gasteiger charge is -2.20. The van der Waals surface area contributed by atoms with Crippen molar-refractivity contribution in [3.05, 3.63) is 71.0 Å². The highest BCUT2D eigenvalue weighted by Gasteiger charge is 2.41. The number of carbonyl (C=O) groups excluding carboxylic acids is 4. The van der Waals surface area contributed by atoms with E-state index in [1.54, 1.807) is 30.3 Å². The van der Waals surface area contributed by atoms with Crippen molar-refractivity contribution in [3.8, 4) is 0 Å². The monoisotopic (exact) mass is 398 g/mol. The molecular weight excluding hydrogens is 379 g/mol. The molecule has 2 aromatic carbocycles. The molecule has 0 bridgehead atoms. The number of rotatable bonds is 7. The minimum Gasteiger partial charge on any atom is -0.454 e. The van der Waals surface area contributed by atoms with Crippen LogP contribution in [0.4, 0.5) is 4.39 Å². The number of fused-ring (bicyclic) bond motifs is 1. The van der Waals surface area contributed by atoms with E-state index in [1.807, 2.05) is 0 Å². The fraction of sp³-hybridized carbons (Fsp3) is 0.238. The van der Waals surface area contributed by atoms with Gasteiger partial charge < -0.3 is 10.1 Å². The molecule has 1 N–H and O–H groups in total. The number of carbonyl (C=O) groups is 4. The third-order valence-corrected chi connectivity index (χ3v) is 4.57. The summed E-state index contributed by atoms with van der Waals surface area (Å²) in [5, 5.41) is 2.52. The smallest absolute Gasteiger partial charge is 0.329 e. The number of ether oxygens (including phenoxy) is 1. The molecule has 0 saturated carbocycles. The summed E-state index contributed by atoms with van der Waals surface area (Å²) < 4.78 is 18.5. The molecule has 1 aliphatic rings. The van der Waals surface area contributed by atoms with Crippen molar-refractivity contribution in [2.75, 3.05) is 13.2 Å². The highest BCUT2D eigenvalue weighted by atomic mass is 19.1. The van der Waals surface area contributed by atoms with Crippen LogP contribution in [0.5, 0.6) is 0 Å². The molecule has 0 radical (unpaired) electrons. The molecule has 1 heterocycles. The van der Waals surface area contributed by atoms with Crippen LogP contribution in [0.3, 0.4) is 0 Å². The van der Waals surface area contributed by atoms with Gasteiger partial charge in [0.05, 0.1) is 11.1 Å². The van der Waals surface area contributed by atoms with Crippen molar-refractivity contribution >= 4 is 23.7 Å². The fourth-order valence-corrected chi connectivity index (χ4v) is 3.01. The Labute approximate surface area is 166 Å². The maximum absolute atomic E-state index is 13.5. The van der Waals surface area contributed by atoms with Gasteiger partial charge in [-0.2, -0.15) is 0 Å². The first kappa shape index (κ1) is 20.2. The standard InChI is InChI=1S/C21H19FN2O5/c1-13(24-19(26)15-7-3-4-8-16(15)20(24)27)21(28)29-12-18(25)23-11-10-14-6-2-5-9-17(14)22/h2-9,13H,10-12H2,1H3,(H,23,25)/t13-/m1/s1. The van der Waals surface area contributed by atoms with Gasteiger partial charge in [0.15, 0.2) is 6.61 Å². The minimum absolute atomic E-state index is 0.172. The first-order valence-electron chi connectivity index (χ1n) is 9.04. The van der Waals surface area contributed by atoms with E-state index in [0.29, 0.717) is 5.56 Å². The second-order valence-electron chi connectivity index (χ2n) is 6.50. The van der Waals surface area contributed by atoms with Crippen LogP contribution in [0.1, 0.15) is 33.2 Å². The molecule has 2 aromatic rings. The van der Waals surface area contributed by atoms with Gasteiger partial charge in [0.2, 0.25) is 0 Å².